The van der Waals surface area contributed by atoms with Crippen molar-refractivity contribution in [2.45, 2.75) is 32.4 Å². The molecule has 30 heavy (non-hydrogen) atoms. The van der Waals surface area contributed by atoms with Crippen molar-refractivity contribution in [2.24, 2.45) is 0 Å². The fraction of sp³-hybridized carbons (Fsp3) is 0.421. The molecule has 4 amide bonds. The molecule has 1 aromatic carbocycles. The topological polar surface area (TPSA) is 130 Å². The fourth-order valence-electron chi connectivity index (χ4n) is 3.05. The largest absolute Gasteiger partial charge is 0.497 e. The Labute approximate surface area is 173 Å². The molecule has 0 spiro atoms. The number of benzene rings is 1. The van der Waals surface area contributed by atoms with Gasteiger partial charge in [-0.25, -0.2) is 4.79 Å². The molecule has 1 aliphatic heterocycles. The number of urea groups is 1. The number of nitrogens with zero attached hydrogens (tertiary/aromatic N) is 4. The molecule has 1 aromatic heterocycles. The Hall–Kier alpha value is -3.47. The van der Waals surface area contributed by atoms with Crippen molar-refractivity contribution < 1.29 is 23.6 Å². The first kappa shape index (κ1) is 21.2. The van der Waals surface area contributed by atoms with E-state index in [9.17, 15) is 14.4 Å². The monoisotopic (exact) mass is 416 g/mol. The first-order chi connectivity index (χ1) is 14.3. The molecule has 0 aliphatic carbocycles. The lowest BCUT2D eigenvalue weighted by Gasteiger charge is -2.22. The van der Waals surface area contributed by atoms with Gasteiger partial charge >= 0.3 is 6.03 Å². The Balaban J connectivity index is 1.62. The standard InChI is InChI=1S/C19H24N6O5/c1-5-14-20-16(30-23-14)11-24(3)10-15(26)22-25-17(27)19(2,21-18(25)28)12-6-8-13(29-4)9-7-12/h6-9H,5,10-11H2,1-4H3,(H,21,28)(H,22,26). The van der Waals surface area contributed by atoms with Gasteiger partial charge in [-0.3, -0.25) is 19.9 Å². The normalized spacial score (nSPS) is 18.6. The Kier molecular flexibility index (Phi) is 6.01. The van der Waals surface area contributed by atoms with E-state index in [1.54, 1.807) is 43.1 Å². The third kappa shape index (κ3) is 4.25. The predicted octanol–water partition coefficient (Wildman–Crippen LogP) is 0.571. The van der Waals surface area contributed by atoms with Gasteiger partial charge in [0.15, 0.2) is 5.82 Å². The van der Waals surface area contributed by atoms with Crippen LogP contribution in [-0.2, 0) is 28.1 Å². The molecule has 3 rings (SSSR count). The van der Waals surface area contributed by atoms with Gasteiger partial charge in [-0.05, 0) is 31.7 Å². The second-order valence-corrected chi connectivity index (χ2v) is 7.09. The van der Waals surface area contributed by atoms with Crippen LogP contribution in [-0.4, -0.2) is 58.6 Å². The van der Waals surface area contributed by atoms with Gasteiger partial charge < -0.3 is 14.6 Å². The van der Waals surface area contributed by atoms with Crippen LogP contribution < -0.4 is 15.5 Å². The highest BCUT2D eigenvalue weighted by Crippen LogP contribution is 2.29. The second-order valence-electron chi connectivity index (χ2n) is 7.09. The molecule has 1 saturated heterocycles. The number of likely N-dealkylation sites (N-methyl/N-ethyl adjacent to an activating group) is 1. The first-order valence-electron chi connectivity index (χ1n) is 9.37. The van der Waals surface area contributed by atoms with Crippen LogP contribution in [0.15, 0.2) is 28.8 Å². The number of rotatable bonds is 8. The number of methoxy groups -OCH3 is 1. The summed E-state index contributed by atoms with van der Waals surface area (Å²) >= 11 is 0. The summed E-state index contributed by atoms with van der Waals surface area (Å²) in [4.78, 5) is 43.4. The number of nitrogens with one attached hydrogen (secondary N) is 2. The van der Waals surface area contributed by atoms with Gasteiger partial charge in [0, 0.05) is 6.42 Å². The Morgan fingerprint density at radius 2 is 2.03 bits per heavy atom. The molecule has 1 fully saturated rings. The number of ether oxygens (including phenoxy) is 1. The molecule has 2 heterocycles. The molecule has 2 aromatic rings. The zero-order valence-corrected chi connectivity index (χ0v) is 17.3. The van der Waals surface area contributed by atoms with Gasteiger partial charge in [0.25, 0.3) is 11.8 Å². The number of carbonyl (C=O) groups is 3. The van der Waals surface area contributed by atoms with E-state index < -0.39 is 23.4 Å². The van der Waals surface area contributed by atoms with Gasteiger partial charge in [0.1, 0.15) is 11.3 Å². The predicted molar refractivity (Wildman–Crippen MR) is 104 cm³/mol. The minimum absolute atomic E-state index is 0.0832. The minimum Gasteiger partial charge on any atom is -0.497 e. The maximum atomic E-state index is 12.9. The molecule has 11 nitrogen and oxygen atoms in total. The molecule has 1 aliphatic rings. The van der Waals surface area contributed by atoms with Crippen LogP contribution in [0, 0.1) is 0 Å². The summed E-state index contributed by atoms with van der Waals surface area (Å²) in [6.45, 7) is 3.65. The van der Waals surface area contributed by atoms with Crippen LogP contribution >= 0.6 is 0 Å². The summed E-state index contributed by atoms with van der Waals surface area (Å²) in [6.07, 6.45) is 0.646. The third-order valence-corrected chi connectivity index (χ3v) is 4.74. The zero-order valence-electron chi connectivity index (χ0n) is 17.3. The molecule has 0 saturated carbocycles. The molecule has 11 heteroatoms. The Morgan fingerprint density at radius 3 is 2.63 bits per heavy atom. The van der Waals surface area contributed by atoms with Crippen LogP contribution in [0.5, 0.6) is 5.75 Å². The van der Waals surface area contributed by atoms with Crippen LogP contribution in [0.3, 0.4) is 0 Å². The van der Waals surface area contributed by atoms with E-state index in [0.717, 1.165) is 0 Å². The van der Waals surface area contributed by atoms with E-state index in [0.29, 0.717) is 34.5 Å². The molecule has 0 radical (unpaired) electrons. The van der Waals surface area contributed by atoms with Gasteiger partial charge in [-0.15, -0.1) is 0 Å². The Morgan fingerprint density at radius 1 is 1.33 bits per heavy atom. The molecule has 2 N–H and O–H groups in total. The van der Waals surface area contributed by atoms with E-state index in [1.165, 1.54) is 7.11 Å². The summed E-state index contributed by atoms with van der Waals surface area (Å²) in [5, 5.41) is 7.12. The number of amides is 4. The average Bonchev–Trinajstić information content (AvgIpc) is 3.26. The van der Waals surface area contributed by atoms with Crippen LogP contribution in [0.2, 0.25) is 0 Å². The molecule has 0 bridgehead atoms. The SMILES string of the molecule is CCc1noc(CN(C)CC(=O)NN2C(=O)NC(C)(c3ccc(OC)cc3)C2=O)n1. The van der Waals surface area contributed by atoms with Gasteiger partial charge in [0.2, 0.25) is 5.89 Å². The maximum Gasteiger partial charge on any atom is 0.344 e. The van der Waals surface area contributed by atoms with Crippen LogP contribution in [0.1, 0.15) is 31.1 Å². The lowest BCUT2D eigenvalue weighted by molar-refractivity contribution is -0.139. The van der Waals surface area contributed by atoms with Crippen molar-refractivity contribution in [1.29, 1.82) is 0 Å². The van der Waals surface area contributed by atoms with E-state index in [2.05, 4.69) is 20.9 Å². The van der Waals surface area contributed by atoms with Crippen molar-refractivity contribution in [2.75, 3.05) is 20.7 Å². The lowest BCUT2D eigenvalue weighted by atomic mass is 9.92. The van der Waals surface area contributed by atoms with Crippen molar-refractivity contribution >= 4 is 17.8 Å². The van der Waals surface area contributed by atoms with Crippen molar-refractivity contribution in [3.63, 3.8) is 0 Å². The van der Waals surface area contributed by atoms with Gasteiger partial charge in [-0.1, -0.05) is 24.2 Å². The first-order valence-corrected chi connectivity index (χ1v) is 9.37. The number of aryl methyl sites for hydroxylation is 1. The van der Waals surface area contributed by atoms with Gasteiger partial charge in [-0.2, -0.15) is 9.99 Å². The number of carbonyl (C=O) groups excluding carboxylic acids is 3. The highest BCUT2D eigenvalue weighted by atomic mass is 16.5. The highest BCUT2D eigenvalue weighted by Gasteiger charge is 2.50. The molecular formula is C19H24N6O5. The minimum atomic E-state index is -1.30. The highest BCUT2D eigenvalue weighted by molar-refractivity contribution is 6.08. The molecule has 1 unspecified atom stereocenters. The second kappa shape index (κ2) is 8.49. The Bertz CT molecular complexity index is 943. The number of hydrogen-bond donors (Lipinski definition) is 2. The molecule has 1 atom stereocenters. The van der Waals surface area contributed by atoms with Crippen molar-refractivity contribution in [3.05, 3.63) is 41.5 Å². The van der Waals surface area contributed by atoms with Crippen LogP contribution in [0.25, 0.3) is 0 Å². The summed E-state index contributed by atoms with van der Waals surface area (Å²) in [5.74, 6) is 0.470. The quantitative estimate of drug-likeness (QED) is 0.598. The van der Waals surface area contributed by atoms with Crippen molar-refractivity contribution in [3.8, 4) is 5.75 Å². The van der Waals surface area contributed by atoms with E-state index in [1.807, 2.05) is 6.92 Å². The fourth-order valence-corrected chi connectivity index (χ4v) is 3.05. The van der Waals surface area contributed by atoms with E-state index >= 15 is 0 Å². The number of imide groups is 1. The zero-order chi connectivity index (χ0) is 21.9. The summed E-state index contributed by atoms with van der Waals surface area (Å²) < 4.78 is 10.2. The van der Waals surface area contributed by atoms with Crippen molar-refractivity contribution in [1.82, 2.24) is 30.8 Å². The van der Waals surface area contributed by atoms with E-state index in [4.69, 9.17) is 9.26 Å². The summed E-state index contributed by atoms with van der Waals surface area (Å²) in [7, 11) is 3.22. The third-order valence-electron chi connectivity index (χ3n) is 4.74. The molecule has 160 valence electrons. The summed E-state index contributed by atoms with van der Waals surface area (Å²) in [6, 6.07) is 6.05. The van der Waals surface area contributed by atoms with Gasteiger partial charge in [0.05, 0.1) is 20.2 Å². The lowest BCUT2D eigenvalue weighted by Crippen LogP contribution is -2.50. The maximum absolute atomic E-state index is 12.9. The number of aromatic nitrogens is 2. The van der Waals surface area contributed by atoms with Crippen LogP contribution in [0.4, 0.5) is 4.79 Å². The smallest absolute Gasteiger partial charge is 0.344 e. The summed E-state index contributed by atoms with van der Waals surface area (Å²) in [5.41, 5.74) is 1.62. The number of hydrazine groups is 1. The van der Waals surface area contributed by atoms with E-state index in [-0.39, 0.29) is 13.1 Å². The average molecular weight is 416 g/mol. The number of hydrogen-bond acceptors (Lipinski definition) is 8. The molecular weight excluding hydrogens is 392 g/mol.